The van der Waals surface area contributed by atoms with Crippen LogP contribution in [0, 0.1) is 0 Å². The number of hydrogen-bond donors (Lipinski definition) is 2. The Morgan fingerprint density at radius 1 is 1.69 bits per heavy atom. The highest BCUT2D eigenvalue weighted by Gasteiger charge is 2.10. The lowest BCUT2D eigenvalue weighted by molar-refractivity contribution is 0.598. The van der Waals surface area contributed by atoms with Crippen LogP contribution in [-0.2, 0) is 9.84 Å². The van der Waals surface area contributed by atoms with Gasteiger partial charge in [0.1, 0.15) is 9.84 Å². The monoisotopic (exact) mass is 203 g/mol. The second kappa shape index (κ2) is 3.78. The van der Waals surface area contributed by atoms with Gasteiger partial charge in [0.15, 0.2) is 5.95 Å². The summed E-state index contributed by atoms with van der Waals surface area (Å²) in [5, 5.41) is 2.93. The molecule has 0 aromatic carbocycles. The summed E-state index contributed by atoms with van der Waals surface area (Å²) in [4.78, 5) is 6.76. The summed E-state index contributed by atoms with van der Waals surface area (Å²) in [5.74, 6) is 0.699. The maximum absolute atomic E-state index is 10.9. The number of H-pyrrole nitrogens is 1. The first-order valence-corrected chi connectivity index (χ1v) is 5.97. The van der Waals surface area contributed by atoms with Gasteiger partial charge in [-0.3, -0.25) is 0 Å². The lowest BCUT2D eigenvalue weighted by Gasteiger charge is -2.10. The van der Waals surface area contributed by atoms with Crippen LogP contribution in [0.2, 0.25) is 0 Å². The van der Waals surface area contributed by atoms with Gasteiger partial charge in [0, 0.05) is 24.7 Å². The smallest absolute Gasteiger partial charge is 0.200 e. The molecule has 1 aromatic heterocycles. The molecule has 0 bridgehead atoms. The van der Waals surface area contributed by atoms with Crippen molar-refractivity contribution in [2.24, 2.45) is 0 Å². The van der Waals surface area contributed by atoms with E-state index in [1.807, 2.05) is 0 Å². The Bertz CT molecular complexity index is 344. The maximum atomic E-state index is 10.9. The zero-order valence-electron chi connectivity index (χ0n) is 7.61. The van der Waals surface area contributed by atoms with E-state index in [4.69, 9.17) is 0 Å². The van der Waals surface area contributed by atoms with Gasteiger partial charge in [-0.05, 0) is 6.92 Å². The molecule has 13 heavy (non-hydrogen) atoms. The SMILES string of the molecule is CC(CS(C)(=O)=O)Nc1ncc[nH]1. The van der Waals surface area contributed by atoms with E-state index in [1.54, 1.807) is 19.3 Å². The Hall–Kier alpha value is -1.04. The van der Waals surface area contributed by atoms with Crippen molar-refractivity contribution < 1.29 is 8.42 Å². The quantitative estimate of drug-likeness (QED) is 0.735. The van der Waals surface area contributed by atoms with Gasteiger partial charge in [-0.25, -0.2) is 13.4 Å². The first-order chi connectivity index (χ1) is 5.97. The fourth-order valence-corrected chi connectivity index (χ4v) is 2.06. The number of imidazole rings is 1. The minimum Gasteiger partial charge on any atom is -0.352 e. The molecule has 0 saturated heterocycles. The van der Waals surface area contributed by atoms with Crippen molar-refractivity contribution in [2.75, 3.05) is 17.3 Å². The summed E-state index contributed by atoms with van der Waals surface area (Å²) >= 11 is 0. The number of sulfone groups is 1. The highest BCUT2D eigenvalue weighted by Crippen LogP contribution is 2.00. The highest BCUT2D eigenvalue weighted by atomic mass is 32.2. The third-order valence-corrected chi connectivity index (χ3v) is 2.54. The molecule has 0 fully saturated rings. The van der Waals surface area contributed by atoms with E-state index in [0.29, 0.717) is 5.95 Å². The molecule has 1 atom stereocenters. The minimum absolute atomic E-state index is 0.105. The molecule has 1 rings (SSSR count). The van der Waals surface area contributed by atoms with Crippen LogP contribution in [0.5, 0.6) is 0 Å². The average molecular weight is 203 g/mol. The summed E-state index contributed by atoms with van der Waals surface area (Å²) in [6.45, 7) is 1.80. The van der Waals surface area contributed by atoms with E-state index in [1.165, 1.54) is 6.26 Å². The lowest BCUT2D eigenvalue weighted by Crippen LogP contribution is -2.25. The molecule has 0 aliphatic rings. The normalized spacial score (nSPS) is 14.0. The van der Waals surface area contributed by atoms with Crippen molar-refractivity contribution >= 4 is 15.8 Å². The van der Waals surface area contributed by atoms with Gasteiger partial charge in [0.2, 0.25) is 0 Å². The number of hydrogen-bond acceptors (Lipinski definition) is 4. The zero-order chi connectivity index (χ0) is 9.90. The van der Waals surface area contributed by atoms with Gasteiger partial charge in [-0.15, -0.1) is 0 Å². The number of nitrogens with one attached hydrogen (secondary N) is 2. The summed E-state index contributed by atoms with van der Waals surface area (Å²) in [6.07, 6.45) is 4.50. The Kier molecular flexibility index (Phi) is 2.92. The molecule has 0 aliphatic carbocycles. The number of anilines is 1. The molecule has 0 aliphatic heterocycles. The standard InChI is InChI=1S/C7H13N3O2S/c1-6(5-13(2,11)12)10-7-8-3-4-9-7/h3-4,6H,5H2,1-2H3,(H2,8,9,10). The molecule has 0 amide bonds. The van der Waals surface area contributed by atoms with E-state index in [-0.39, 0.29) is 11.8 Å². The number of rotatable bonds is 4. The van der Waals surface area contributed by atoms with Crippen LogP contribution in [0.25, 0.3) is 0 Å². The zero-order valence-corrected chi connectivity index (χ0v) is 8.43. The average Bonchev–Trinajstić information content (AvgIpc) is 2.34. The first kappa shape index (κ1) is 10.0. The lowest BCUT2D eigenvalue weighted by atomic mass is 10.4. The topological polar surface area (TPSA) is 74.8 Å². The molecule has 0 spiro atoms. The van der Waals surface area contributed by atoms with Crippen molar-refractivity contribution in [1.29, 1.82) is 0 Å². The molecule has 74 valence electrons. The van der Waals surface area contributed by atoms with Crippen molar-refractivity contribution in [3.05, 3.63) is 12.4 Å². The Labute approximate surface area is 77.5 Å². The number of aromatic nitrogens is 2. The summed E-state index contributed by atoms with van der Waals surface area (Å²) in [5.41, 5.74) is 0. The molecule has 1 heterocycles. The van der Waals surface area contributed by atoms with Gasteiger partial charge in [0.25, 0.3) is 0 Å². The highest BCUT2D eigenvalue weighted by molar-refractivity contribution is 7.90. The Morgan fingerprint density at radius 2 is 2.38 bits per heavy atom. The van der Waals surface area contributed by atoms with Crippen LogP contribution < -0.4 is 5.32 Å². The molecule has 0 saturated carbocycles. The van der Waals surface area contributed by atoms with Crippen LogP contribution in [0.15, 0.2) is 12.4 Å². The van der Waals surface area contributed by atoms with E-state index in [0.717, 1.165) is 0 Å². The molecule has 2 N–H and O–H groups in total. The van der Waals surface area contributed by atoms with Crippen molar-refractivity contribution in [3.8, 4) is 0 Å². The summed E-state index contributed by atoms with van der Waals surface area (Å²) < 4.78 is 21.8. The Balaban J connectivity index is 2.47. The fraction of sp³-hybridized carbons (Fsp3) is 0.571. The molecule has 0 radical (unpaired) electrons. The van der Waals surface area contributed by atoms with E-state index in [9.17, 15) is 8.42 Å². The molecule has 5 nitrogen and oxygen atoms in total. The predicted molar refractivity (Wildman–Crippen MR) is 51.4 cm³/mol. The van der Waals surface area contributed by atoms with E-state index in [2.05, 4.69) is 15.3 Å². The van der Waals surface area contributed by atoms with Crippen molar-refractivity contribution in [1.82, 2.24) is 9.97 Å². The van der Waals surface area contributed by atoms with Crippen LogP contribution in [0.4, 0.5) is 5.95 Å². The molecule has 6 heteroatoms. The number of nitrogens with zero attached hydrogens (tertiary/aromatic N) is 1. The maximum Gasteiger partial charge on any atom is 0.200 e. The summed E-state index contributed by atoms with van der Waals surface area (Å²) in [7, 11) is -2.93. The second-order valence-corrected chi connectivity index (χ2v) is 5.26. The third kappa shape index (κ3) is 3.93. The fourth-order valence-electron chi connectivity index (χ4n) is 1.07. The molecule has 1 unspecified atom stereocenters. The van der Waals surface area contributed by atoms with Crippen LogP contribution >= 0.6 is 0 Å². The predicted octanol–water partition coefficient (Wildman–Crippen LogP) is 0.255. The van der Waals surface area contributed by atoms with Gasteiger partial charge < -0.3 is 10.3 Å². The summed E-state index contributed by atoms with van der Waals surface area (Å²) in [6, 6.07) is -0.138. The Morgan fingerprint density at radius 3 is 2.85 bits per heavy atom. The second-order valence-electron chi connectivity index (χ2n) is 3.08. The molecular formula is C7H13N3O2S. The largest absolute Gasteiger partial charge is 0.352 e. The van der Waals surface area contributed by atoms with Crippen LogP contribution in [0.3, 0.4) is 0 Å². The number of aromatic amines is 1. The van der Waals surface area contributed by atoms with Gasteiger partial charge >= 0.3 is 0 Å². The van der Waals surface area contributed by atoms with Gasteiger partial charge in [-0.2, -0.15) is 0 Å². The van der Waals surface area contributed by atoms with Gasteiger partial charge in [0.05, 0.1) is 5.75 Å². The molecular weight excluding hydrogens is 190 g/mol. The van der Waals surface area contributed by atoms with Crippen LogP contribution in [0.1, 0.15) is 6.92 Å². The van der Waals surface area contributed by atoms with E-state index >= 15 is 0 Å². The van der Waals surface area contributed by atoms with Crippen molar-refractivity contribution in [2.45, 2.75) is 13.0 Å². The van der Waals surface area contributed by atoms with Crippen LogP contribution in [-0.4, -0.2) is 36.4 Å². The first-order valence-electron chi connectivity index (χ1n) is 3.91. The van der Waals surface area contributed by atoms with Crippen molar-refractivity contribution in [3.63, 3.8) is 0 Å². The minimum atomic E-state index is -2.93. The van der Waals surface area contributed by atoms with Gasteiger partial charge in [-0.1, -0.05) is 0 Å². The van der Waals surface area contributed by atoms with E-state index < -0.39 is 9.84 Å². The molecule has 1 aromatic rings. The third-order valence-electron chi connectivity index (χ3n) is 1.43.